The van der Waals surface area contributed by atoms with Crippen molar-refractivity contribution in [2.24, 2.45) is 5.92 Å². The zero-order valence-electron chi connectivity index (χ0n) is 14.4. The summed E-state index contributed by atoms with van der Waals surface area (Å²) in [5.41, 5.74) is 0.800. The molecule has 0 aliphatic carbocycles. The molecule has 1 amide bonds. The van der Waals surface area contributed by atoms with Crippen molar-refractivity contribution < 1.29 is 18.7 Å². The number of fused-ring (bicyclic) bond motifs is 1. The second-order valence-electron chi connectivity index (χ2n) is 6.79. The minimum Gasteiger partial charge on any atom is -0.454 e. The van der Waals surface area contributed by atoms with Crippen LogP contribution in [0.4, 0.5) is 0 Å². The van der Waals surface area contributed by atoms with Crippen LogP contribution < -0.4 is 9.47 Å². The van der Waals surface area contributed by atoms with Gasteiger partial charge in [0.25, 0.3) is 0 Å². The van der Waals surface area contributed by atoms with Crippen molar-refractivity contribution in [1.29, 1.82) is 0 Å². The molecule has 0 bridgehead atoms. The Bertz CT molecular complexity index is 786. The topological polar surface area (TPSA) is 77.7 Å². The second-order valence-corrected chi connectivity index (χ2v) is 6.79. The zero-order chi connectivity index (χ0) is 17.4. The van der Waals surface area contributed by atoms with Crippen molar-refractivity contribution in [2.45, 2.75) is 32.6 Å². The molecule has 3 heterocycles. The monoisotopic (exact) mass is 343 g/mol. The van der Waals surface area contributed by atoms with Gasteiger partial charge in [-0.15, -0.1) is 10.2 Å². The molecule has 1 saturated heterocycles. The minimum atomic E-state index is 0.00521. The van der Waals surface area contributed by atoms with E-state index in [9.17, 15) is 4.79 Å². The summed E-state index contributed by atoms with van der Waals surface area (Å²) in [6.45, 7) is 5.53. The van der Waals surface area contributed by atoms with Crippen LogP contribution in [0, 0.1) is 5.92 Å². The first-order valence-electron chi connectivity index (χ1n) is 8.64. The third kappa shape index (κ3) is 3.06. The second kappa shape index (κ2) is 6.38. The molecule has 7 heteroatoms. The normalized spacial score (nSPS) is 19.5. The Morgan fingerprint density at radius 2 is 2.08 bits per heavy atom. The maximum atomic E-state index is 12.2. The highest BCUT2D eigenvalue weighted by Gasteiger charge is 2.29. The van der Waals surface area contributed by atoms with Crippen LogP contribution in [0.25, 0.3) is 11.5 Å². The van der Waals surface area contributed by atoms with Crippen molar-refractivity contribution in [3.63, 3.8) is 0 Å². The van der Waals surface area contributed by atoms with Crippen LogP contribution in [0.15, 0.2) is 22.6 Å². The van der Waals surface area contributed by atoms with Crippen molar-refractivity contribution >= 4 is 5.91 Å². The lowest BCUT2D eigenvalue weighted by atomic mass is 9.97. The number of rotatable bonds is 3. The lowest BCUT2D eigenvalue weighted by Gasteiger charge is -2.32. The number of aromatic nitrogens is 2. The van der Waals surface area contributed by atoms with Gasteiger partial charge in [-0.3, -0.25) is 4.79 Å². The summed E-state index contributed by atoms with van der Waals surface area (Å²) in [4.78, 5) is 14.1. The van der Waals surface area contributed by atoms with Crippen LogP contribution in [0.3, 0.4) is 0 Å². The molecule has 1 fully saturated rings. The maximum Gasteiger partial charge on any atom is 0.247 e. The van der Waals surface area contributed by atoms with Gasteiger partial charge < -0.3 is 18.8 Å². The highest BCUT2D eigenvalue weighted by Crippen LogP contribution is 2.36. The molecule has 2 aliphatic rings. The Kier molecular flexibility index (Phi) is 4.07. The Balaban J connectivity index is 1.52. The van der Waals surface area contributed by atoms with E-state index in [1.807, 2.05) is 36.9 Å². The highest BCUT2D eigenvalue weighted by molar-refractivity contribution is 5.78. The largest absolute Gasteiger partial charge is 0.454 e. The number of hydrogen-bond donors (Lipinski definition) is 0. The SMILES string of the molecule is CC(C)C(=O)N1CCCC(c2nnc(-c3ccc4c(c3)OCO4)o2)C1. The summed E-state index contributed by atoms with van der Waals surface area (Å²) < 4.78 is 16.6. The number of hydrogen-bond acceptors (Lipinski definition) is 6. The number of carbonyl (C=O) groups excluding carboxylic acids is 1. The van der Waals surface area contributed by atoms with Crippen molar-refractivity contribution in [3.05, 3.63) is 24.1 Å². The molecule has 7 nitrogen and oxygen atoms in total. The summed E-state index contributed by atoms with van der Waals surface area (Å²) in [5, 5.41) is 8.40. The number of carbonyl (C=O) groups is 1. The Morgan fingerprint density at radius 1 is 1.24 bits per heavy atom. The summed E-state index contributed by atoms with van der Waals surface area (Å²) in [6, 6.07) is 5.56. The lowest BCUT2D eigenvalue weighted by Crippen LogP contribution is -2.41. The van der Waals surface area contributed by atoms with E-state index < -0.39 is 0 Å². The summed E-state index contributed by atoms with van der Waals surface area (Å²) in [7, 11) is 0. The van der Waals surface area contributed by atoms with Crippen LogP contribution in [0.1, 0.15) is 38.5 Å². The van der Waals surface area contributed by atoms with Gasteiger partial charge in [0.05, 0.1) is 5.92 Å². The predicted octanol–water partition coefficient (Wildman–Crippen LogP) is 2.83. The number of likely N-dealkylation sites (tertiary alicyclic amines) is 1. The number of piperidine rings is 1. The van der Waals surface area contributed by atoms with Crippen LogP contribution in [0.2, 0.25) is 0 Å². The fraction of sp³-hybridized carbons (Fsp3) is 0.500. The fourth-order valence-corrected chi connectivity index (χ4v) is 3.29. The molecular weight excluding hydrogens is 322 g/mol. The first kappa shape index (κ1) is 15.9. The molecule has 0 saturated carbocycles. The Hall–Kier alpha value is -2.57. The molecule has 1 aromatic carbocycles. The molecule has 1 unspecified atom stereocenters. The molecule has 2 aromatic rings. The van der Waals surface area contributed by atoms with Crippen molar-refractivity contribution in [1.82, 2.24) is 15.1 Å². The molecule has 0 radical (unpaired) electrons. The van der Waals surface area contributed by atoms with Crippen LogP contribution in [-0.2, 0) is 4.79 Å². The maximum absolute atomic E-state index is 12.2. The van der Waals surface area contributed by atoms with Gasteiger partial charge in [-0.05, 0) is 31.0 Å². The van der Waals surface area contributed by atoms with Crippen LogP contribution in [0.5, 0.6) is 11.5 Å². The van der Waals surface area contributed by atoms with E-state index in [0.717, 1.165) is 30.7 Å². The van der Waals surface area contributed by atoms with E-state index in [1.54, 1.807) is 0 Å². The number of nitrogens with zero attached hydrogens (tertiary/aromatic N) is 3. The van der Waals surface area contributed by atoms with Gasteiger partial charge in [-0.25, -0.2) is 0 Å². The van der Waals surface area contributed by atoms with E-state index >= 15 is 0 Å². The molecular formula is C18H21N3O4. The van der Waals surface area contributed by atoms with Crippen molar-refractivity contribution in [3.8, 4) is 23.0 Å². The fourth-order valence-electron chi connectivity index (χ4n) is 3.29. The number of amides is 1. The van der Waals surface area contributed by atoms with Gasteiger partial charge in [-0.2, -0.15) is 0 Å². The number of ether oxygens (including phenoxy) is 2. The number of benzene rings is 1. The molecule has 2 aliphatic heterocycles. The summed E-state index contributed by atoms with van der Waals surface area (Å²) >= 11 is 0. The average molecular weight is 343 g/mol. The van der Waals surface area contributed by atoms with E-state index in [4.69, 9.17) is 13.9 Å². The van der Waals surface area contributed by atoms with E-state index in [1.165, 1.54) is 0 Å². The molecule has 4 rings (SSSR count). The van der Waals surface area contributed by atoms with Gasteiger partial charge in [0.2, 0.25) is 24.5 Å². The first-order valence-corrected chi connectivity index (χ1v) is 8.64. The van der Waals surface area contributed by atoms with Crippen LogP contribution >= 0.6 is 0 Å². The average Bonchev–Trinajstić information content (AvgIpc) is 3.29. The zero-order valence-corrected chi connectivity index (χ0v) is 14.4. The standard InChI is InChI=1S/C18H21N3O4/c1-11(2)18(22)21-7-3-4-13(9-21)17-20-19-16(25-17)12-5-6-14-15(8-12)24-10-23-14/h5-6,8,11,13H,3-4,7,9-10H2,1-2H3. The minimum absolute atomic E-state index is 0.00521. The van der Waals surface area contributed by atoms with Crippen molar-refractivity contribution in [2.75, 3.05) is 19.9 Å². The highest BCUT2D eigenvalue weighted by atomic mass is 16.7. The van der Waals surface area contributed by atoms with Gasteiger partial charge in [0.15, 0.2) is 11.5 Å². The summed E-state index contributed by atoms with van der Waals surface area (Å²) in [6.07, 6.45) is 1.90. The molecule has 132 valence electrons. The molecule has 0 spiro atoms. The van der Waals surface area contributed by atoms with Gasteiger partial charge in [0.1, 0.15) is 0 Å². The lowest BCUT2D eigenvalue weighted by molar-refractivity contribution is -0.135. The van der Waals surface area contributed by atoms with E-state index in [-0.39, 0.29) is 24.5 Å². The molecule has 0 N–H and O–H groups in total. The Morgan fingerprint density at radius 3 is 2.92 bits per heavy atom. The molecule has 1 aromatic heterocycles. The van der Waals surface area contributed by atoms with E-state index in [2.05, 4.69) is 10.2 Å². The van der Waals surface area contributed by atoms with Gasteiger partial charge in [-0.1, -0.05) is 13.8 Å². The molecule has 25 heavy (non-hydrogen) atoms. The summed E-state index contributed by atoms with van der Waals surface area (Å²) in [5.74, 6) is 2.73. The molecule has 1 atom stereocenters. The van der Waals surface area contributed by atoms with E-state index in [0.29, 0.717) is 24.1 Å². The third-order valence-electron chi connectivity index (χ3n) is 4.64. The predicted molar refractivity (Wildman–Crippen MR) is 89.3 cm³/mol. The quantitative estimate of drug-likeness (QED) is 0.853. The van der Waals surface area contributed by atoms with Gasteiger partial charge >= 0.3 is 0 Å². The Labute approximate surface area is 145 Å². The van der Waals surface area contributed by atoms with Crippen LogP contribution in [-0.4, -0.2) is 40.9 Å². The van der Waals surface area contributed by atoms with Gasteiger partial charge in [0, 0.05) is 24.6 Å². The first-order chi connectivity index (χ1) is 12.1. The third-order valence-corrected chi connectivity index (χ3v) is 4.64. The smallest absolute Gasteiger partial charge is 0.247 e.